The fraction of sp³-hybridized carbons (Fsp3) is 0.538. The second-order valence-corrected chi connectivity index (χ2v) is 4.75. The Kier molecular flexibility index (Phi) is 10.8. The van der Waals surface area contributed by atoms with Crippen LogP contribution in [0.3, 0.4) is 0 Å². The van der Waals surface area contributed by atoms with Crippen molar-refractivity contribution in [1.29, 1.82) is 0 Å². The molecule has 1 unspecified atom stereocenters. The van der Waals surface area contributed by atoms with Crippen molar-refractivity contribution in [1.82, 2.24) is 9.88 Å². The number of amides is 1. The quantitative estimate of drug-likeness (QED) is 0.907. The summed E-state index contributed by atoms with van der Waals surface area (Å²) in [5.41, 5.74) is 6.74. The van der Waals surface area contributed by atoms with Crippen molar-refractivity contribution in [2.45, 2.75) is 32.9 Å². The third-order valence-corrected chi connectivity index (χ3v) is 2.54. The van der Waals surface area contributed by atoms with Crippen LogP contribution in [-0.4, -0.2) is 28.9 Å². The van der Waals surface area contributed by atoms with Crippen molar-refractivity contribution < 1.29 is 4.79 Å². The van der Waals surface area contributed by atoms with Crippen molar-refractivity contribution in [2.75, 3.05) is 7.05 Å². The van der Waals surface area contributed by atoms with Crippen LogP contribution in [0.2, 0.25) is 0 Å². The largest absolute Gasteiger partial charge is 0.339 e. The number of nitrogens with two attached hydrogens (primary N) is 1. The highest BCUT2D eigenvalue weighted by molar-refractivity contribution is 5.85. The molecule has 1 aromatic heterocycles. The van der Waals surface area contributed by atoms with Crippen LogP contribution >= 0.6 is 24.8 Å². The van der Waals surface area contributed by atoms with Crippen molar-refractivity contribution >= 4 is 30.7 Å². The maximum atomic E-state index is 12.0. The molecule has 19 heavy (non-hydrogen) atoms. The maximum Gasteiger partial charge on any atom is 0.239 e. The lowest BCUT2D eigenvalue weighted by molar-refractivity contribution is -0.132. The van der Waals surface area contributed by atoms with E-state index in [4.69, 9.17) is 5.73 Å². The summed E-state index contributed by atoms with van der Waals surface area (Å²) in [7, 11) is 1.76. The van der Waals surface area contributed by atoms with Gasteiger partial charge in [0.25, 0.3) is 0 Å². The zero-order valence-electron chi connectivity index (χ0n) is 11.6. The van der Waals surface area contributed by atoms with Crippen LogP contribution in [0.4, 0.5) is 0 Å². The third-order valence-electron chi connectivity index (χ3n) is 2.54. The number of hydrogen-bond acceptors (Lipinski definition) is 3. The Labute approximate surface area is 127 Å². The zero-order chi connectivity index (χ0) is 12.8. The molecule has 0 spiro atoms. The van der Waals surface area contributed by atoms with Crippen LogP contribution in [-0.2, 0) is 11.3 Å². The molecule has 110 valence electrons. The summed E-state index contributed by atoms with van der Waals surface area (Å²) in [5, 5.41) is 0. The van der Waals surface area contributed by atoms with Crippen LogP contribution in [0.25, 0.3) is 0 Å². The second-order valence-electron chi connectivity index (χ2n) is 4.75. The Morgan fingerprint density at radius 1 is 1.37 bits per heavy atom. The monoisotopic (exact) mass is 307 g/mol. The Bertz CT molecular complexity index is 360. The van der Waals surface area contributed by atoms with Crippen molar-refractivity contribution in [3.63, 3.8) is 0 Å². The molecular formula is C13H23Cl2N3O. The maximum absolute atomic E-state index is 12.0. The standard InChI is InChI=1S/C13H21N3O.2ClH/c1-10(2)8-12(14)13(17)16(3)9-11-6-4-5-7-15-11;;/h4-7,10,12H,8-9,14H2,1-3H3;2*1H. The molecule has 0 aromatic carbocycles. The van der Waals surface area contributed by atoms with Crippen LogP contribution in [0.1, 0.15) is 26.0 Å². The molecule has 0 saturated carbocycles. The Balaban J connectivity index is 0. The van der Waals surface area contributed by atoms with E-state index in [-0.39, 0.29) is 30.7 Å². The van der Waals surface area contributed by atoms with Crippen LogP contribution in [0.5, 0.6) is 0 Å². The lowest BCUT2D eigenvalue weighted by atomic mass is 10.0. The topological polar surface area (TPSA) is 59.2 Å². The highest BCUT2D eigenvalue weighted by atomic mass is 35.5. The van der Waals surface area contributed by atoms with Gasteiger partial charge in [0.1, 0.15) is 0 Å². The van der Waals surface area contributed by atoms with E-state index < -0.39 is 6.04 Å². The van der Waals surface area contributed by atoms with Gasteiger partial charge in [-0.05, 0) is 24.5 Å². The minimum Gasteiger partial charge on any atom is -0.339 e. The second kappa shape index (κ2) is 10.0. The molecule has 1 amide bonds. The Morgan fingerprint density at radius 2 is 2.00 bits per heavy atom. The van der Waals surface area contributed by atoms with Crippen molar-refractivity contribution in [2.24, 2.45) is 11.7 Å². The molecule has 0 fully saturated rings. The molecule has 6 heteroatoms. The number of halogens is 2. The molecule has 1 aromatic rings. The van der Waals surface area contributed by atoms with Gasteiger partial charge in [-0.25, -0.2) is 0 Å². The molecule has 0 aliphatic carbocycles. The summed E-state index contributed by atoms with van der Waals surface area (Å²) in [4.78, 5) is 17.8. The first-order valence-corrected chi connectivity index (χ1v) is 5.91. The van der Waals surface area contributed by atoms with Gasteiger partial charge < -0.3 is 10.6 Å². The van der Waals surface area contributed by atoms with E-state index in [1.54, 1.807) is 18.1 Å². The minimum absolute atomic E-state index is 0. The molecule has 0 radical (unpaired) electrons. The molecule has 1 rings (SSSR count). The summed E-state index contributed by atoms with van der Waals surface area (Å²) >= 11 is 0. The molecule has 1 atom stereocenters. The molecule has 1 heterocycles. The zero-order valence-corrected chi connectivity index (χ0v) is 13.2. The van der Waals surface area contributed by atoms with Gasteiger partial charge in [0.05, 0.1) is 18.3 Å². The normalized spacial score (nSPS) is 11.2. The number of carbonyl (C=O) groups excluding carboxylic acids is 1. The van der Waals surface area contributed by atoms with Gasteiger partial charge in [-0.3, -0.25) is 9.78 Å². The van der Waals surface area contributed by atoms with Crippen molar-refractivity contribution in [3.05, 3.63) is 30.1 Å². The minimum atomic E-state index is -0.413. The van der Waals surface area contributed by atoms with Gasteiger partial charge in [0.2, 0.25) is 5.91 Å². The lowest BCUT2D eigenvalue weighted by Crippen LogP contribution is -2.42. The van der Waals surface area contributed by atoms with Gasteiger partial charge in [-0.1, -0.05) is 19.9 Å². The van der Waals surface area contributed by atoms with E-state index in [0.29, 0.717) is 18.9 Å². The molecule has 0 saturated heterocycles. The first kappa shape index (κ1) is 20.5. The number of pyridine rings is 1. The fourth-order valence-electron chi connectivity index (χ4n) is 1.70. The average molecular weight is 308 g/mol. The molecular weight excluding hydrogens is 285 g/mol. The Hall–Kier alpha value is -0.840. The highest BCUT2D eigenvalue weighted by Crippen LogP contribution is 2.07. The highest BCUT2D eigenvalue weighted by Gasteiger charge is 2.19. The van der Waals surface area contributed by atoms with E-state index >= 15 is 0 Å². The summed E-state index contributed by atoms with van der Waals surface area (Å²) in [6, 6.07) is 5.26. The van der Waals surface area contributed by atoms with Gasteiger partial charge in [0.15, 0.2) is 0 Å². The summed E-state index contributed by atoms with van der Waals surface area (Å²) in [6.45, 7) is 4.63. The number of hydrogen-bond donors (Lipinski definition) is 1. The van der Waals surface area contributed by atoms with Gasteiger partial charge in [0, 0.05) is 13.2 Å². The number of likely N-dealkylation sites (N-methyl/N-ethyl adjacent to an activating group) is 1. The fourth-order valence-corrected chi connectivity index (χ4v) is 1.70. The Morgan fingerprint density at radius 3 is 2.47 bits per heavy atom. The van der Waals surface area contributed by atoms with Crippen LogP contribution < -0.4 is 5.73 Å². The van der Waals surface area contributed by atoms with E-state index in [9.17, 15) is 4.79 Å². The number of nitrogens with zero attached hydrogens (tertiary/aromatic N) is 2. The third kappa shape index (κ3) is 7.35. The summed E-state index contributed by atoms with van der Waals surface area (Å²) in [5.74, 6) is 0.404. The molecule has 0 bridgehead atoms. The van der Waals surface area contributed by atoms with Crippen molar-refractivity contribution in [3.8, 4) is 0 Å². The lowest BCUT2D eigenvalue weighted by Gasteiger charge is -2.22. The van der Waals surface area contributed by atoms with Gasteiger partial charge >= 0.3 is 0 Å². The average Bonchev–Trinajstić information content (AvgIpc) is 2.28. The first-order chi connectivity index (χ1) is 8.00. The van der Waals surface area contributed by atoms with E-state index in [2.05, 4.69) is 18.8 Å². The number of carbonyl (C=O) groups is 1. The van der Waals surface area contributed by atoms with Crippen LogP contribution in [0.15, 0.2) is 24.4 Å². The predicted molar refractivity (Wildman–Crippen MR) is 82.6 cm³/mol. The summed E-state index contributed by atoms with van der Waals surface area (Å²) < 4.78 is 0. The van der Waals surface area contributed by atoms with E-state index in [1.165, 1.54) is 0 Å². The SMILES string of the molecule is CC(C)CC(N)C(=O)N(C)Cc1ccccn1.Cl.Cl. The van der Waals surface area contributed by atoms with Crippen LogP contribution in [0, 0.1) is 5.92 Å². The molecule has 2 N–H and O–H groups in total. The van der Waals surface area contributed by atoms with E-state index in [1.807, 2.05) is 18.2 Å². The molecule has 4 nitrogen and oxygen atoms in total. The predicted octanol–water partition coefficient (Wildman–Crippen LogP) is 2.26. The molecule has 0 aliphatic rings. The van der Waals surface area contributed by atoms with E-state index in [0.717, 1.165) is 5.69 Å². The number of aromatic nitrogens is 1. The van der Waals surface area contributed by atoms with Gasteiger partial charge in [-0.15, -0.1) is 24.8 Å². The smallest absolute Gasteiger partial charge is 0.239 e. The van der Waals surface area contributed by atoms with Gasteiger partial charge in [-0.2, -0.15) is 0 Å². The molecule has 0 aliphatic heterocycles. The first-order valence-electron chi connectivity index (χ1n) is 5.91. The number of rotatable bonds is 5. The summed E-state index contributed by atoms with van der Waals surface area (Å²) in [6.07, 6.45) is 2.44.